The molecule has 0 aromatic carbocycles. The van der Waals surface area contributed by atoms with Gasteiger partial charge in [-0.05, 0) is 0 Å². The highest BCUT2D eigenvalue weighted by Crippen LogP contribution is 2.05. The van der Waals surface area contributed by atoms with Crippen molar-refractivity contribution in [1.82, 2.24) is 3.71 Å². The van der Waals surface area contributed by atoms with Crippen molar-refractivity contribution < 1.29 is 30.9 Å². The summed E-state index contributed by atoms with van der Waals surface area (Å²) in [5, 5.41) is 8.35. The summed E-state index contributed by atoms with van der Waals surface area (Å²) in [6.07, 6.45) is 0.746. The fourth-order valence-corrected chi connectivity index (χ4v) is 2.49. The number of nitrogens with zero attached hydrogens (tertiary/aromatic N) is 1. The van der Waals surface area contributed by atoms with E-state index in [4.69, 9.17) is 9.84 Å². The molecule has 0 saturated carbocycles. The maximum Gasteiger partial charge on any atom is 0.351 e. The van der Waals surface area contributed by atoms with Crippen LogP contribution in [0.25, 0.3) is 0 Å². The average Bonchev–Trinajstić information content (AvgIpc) is 2.15. The highest BCUT2D eigenvalue weighted by molar-refractivity contribution is 8.01. The normalized spacial score (nSPS) is 13.2. The van der Waals surface area contributed by atoms with Crippen molar-refractivity contribution in [2.24, 2.45) is 0 Å². The Morgan fingerprint density at radius 1 is 1.12 bits per heavy atom. The maximum absolute atomic E-state index is 11.2. The fraction of sp³-hybridized carbons (Fsp3) is 1.00. The molecule has 0 atom stereocenters. The number of sulfonamides is 1. The first-order valence-corrected chi connectivity index (χ1v) is 7.45. The lowest BCUT2D eigenvalue weighted by Crippen LogP contribution is -2.34. The van der Waals surface area contributed by atoms with Gasteiger partial charge in [0.1, 0.15) is 0 Å². The lowest BCUT2D eigenvalue weighted by Gasteiger charge is -2.13. The van der Waals surface area contributed by atoms with Gasteiger partial charge in [-0.15, -0.1) is 0 Å². The Balaban J connectivity index is 4.17. The second kappa shape index (κ2) is 6.47. The molecule has 1 N–H and O–H groups in total. The van der Waals surface area contributed by atoms with Gasteiger partial charge >= 0.3 is 10.3 Å². The Labute approximate surface area is 95.1 Å². The van der Waals surface area contributed by atoms with E-state index in [9.17, 15) is 16.8 Å². The topological polar surface area (TPSA) is 110 Å². The van der Waals surface area contributed by atoms with Gasteiger partial charge < -0.3 is 9.84 Å². The molecule has 0 radical (unpaired) electrons. The summed E-state index contributed by atoms with van der Waals surface area (Å²) < 4.78 is 53.5. The van der Waals surface area contributed by atoms with E-state index in [-0.39, 0.29) is 30.1 Å². The average molecular weight is 277 g/mol. The third-order valence-corrected chi connectivity index (χ3v) is 4.87. The molecule has 0 aliphatic heterocycles. The zero-order valence-electron chi connectivity index (χ0n) is 8.99. The molecular weight excluding hydrogens is 262 g/mol. The summed E-state index contributed by atoms with van der Waals surface area (Å²) in [7, 11) is -7.30. The number of hydrogen-bond acceptors (Lipinski definition) is 7. The van der Waals surface area contributed by atoms with E-state index in [1.54, 1.807) is 0 Å². The van der Waals surface area contributed by atoms with Crippen molar-refractivity contribution in [2.75, 3.05) is 39.7 Å². The van der Waals surface area contributed by atoms with Gasteiger partial charge in [-0.1, -0.05) is 3.71 Å². The summed E-state index contributed by atoms with van der Waals surface area (Å²) in [4.78, 5) is 0. The Kier molecular flexibility index (Phi) is 6.36. The summed E-state index contributed by atoms with van der Waals surface area (Å²) in [6, 6.07) is 0. The van der Waals surface area contributed by atoms with Crippen molar-refractivity contribution in [2.45, 2.75) is 0 Å². The van der Waals surface area contributed by atoms with Gasteiger partial charge in [0.2, 0.25) is 10.0 Å². The van der Waals surface area contributed by atoms with Gasteiger partial charge in [-0.3, -0.25) is 4.18 Å². The lowest BCUT2D eigenvalue weighted by atomic mass is 10.7. The van der Waals surface area contributed by atoms with Gasteiger partial charge in [-0.2, -0.15) is 8.42 Å². The Bertz CT molecular complexity index is 387. The van der Waals surface area contributed by atoms with Crippen LogP contribution >= 0.6 is 0 Å². The van der Waals surface area contributed by atoms with Crippen LogP contribution < -0.4 is 0 Å². The van der Waals surface area contributed by atoms with Gasteiger partial charge in [0, 0.05) is 7.05 Å². The first-order chi connectivity index (χ1) is 7.22. The SMILES string of the molecule is CN(S(C)(=O)=O)S(=O)(=O)OCCOCCO. The van der Waals surface area contributed by atoms with Crippen molar-refractivity contribution >= 4 is 20.3 Å². The van der Waals surface area contributed by atoms with Gasteiger partial charge in [0.15, 0.2) is 0 Å². The zero-order chi connectivity index (χ0) is 12.8. The largest absolute Gasteiger partial charge is 0.394 e. The van der Waals surface area contributed by atoms with Crippen LogP contribution in [-0.4, -0.2) is 65.4 Å². The lowest BCUT2D eigenvalue weighted by molar-refractivity contribution is 0.0709. The molecule has 0 aliphatic rings. The third kappa shape index (κ3) is 5.72. The van der Waals surface area contributed by atoms with E-state index in [0.717, 1.165) is 13.3 Å². The van der Waals surface area contributed by atoms with Gasteiger partial charge in [0.05, 0.1) is 32.7 Å². The highest BCUT2D eigenvalue weighted by atomic mass is 32.3. The Morgan fingerprint density at radius 3 is 2.12 bits per heavy atom. The molecule has 0 amide bonds. The van der Waals surface area contributed by atoms with E-state index in [2.05, 4.69) is 4.18 Å². The molecule has 0 aromatic heterocycles. The van der Waals surface area contributed by atoms with E-state index >= 15 is 0 Å². The molecule has 0 bridgehead atoms. The summed E-state index contributed by atoms with van der Waals surface area (Å²) in [5.74, 6) is 0. The molecule has 0 saturated heterocycles. The number of rotatable bonds is 8. The number of hydrogen-bond donors (Lipinski definition) is 1. The molecule has 0 fully saturated rings. The smallest absolute Gasteiger partial charge is 0.351 e. The van der Waals surface area contributed by atoms with E-state index < -0.39 is 20.3 Å². The van der Waals surface area contributed by atoms with Crippen LogP contribution in [0.2, 0.25) is 0 Å². The van der Waals surface area contributed by atoms with Crippen LogP contribution in [0.3, 0.4) is 0 Å². The van der Waals surface area contributed by atoms with Gasteiger partial charge in [-0.25, -0.2) is 8.42 Å². The van der Waals surface area contributed by atoms with Crippen LogP contribution in [0.4, 0.5) is 0 Å². The molecule has 8 nitrogen and oxygen atoms in total. The second-order valence-electron chi connectivity index (χ2n) is 2.76. The molecule has 16 heavy (non-hydrogen) atoms. The summed E-state index contributed by atoms with van der Waals surface area (Å²) in [6.45, 7) is -0.499. The number of aliphatic hydroxyl groups is 1. The van der Waals surface area contributed by atoms with Crippen LogP contribution in [0, 0.1) is 0 Å². The van der Waals surface area contributed by atoms with Crippen LogP contribution in [0.15, 0.2) is 0 Å². The van der Waals surface area contributed by atoms with E-state index in [1.165, 1.54) is 0 Å². The standard InChI is InChI=1S/C6H15NO7S2/c1-7(15(2,9)10)16(11,12)14-6-5-13-4-3-8/h8H,3-6H2,1-2H3. The molecule has 0 unspecified atom stereocenters. The minimum absolute atomic E-state index is 0.0581. The molecule has 10 heteroatoms. The Hall–Kier alpha value is -0.260. The van der Waals surface area contributed by atoms with Crippen LogP contribution in [0.1, 0.15) is 0 Å². The minimum atomic E-state index is -4.30. The second-order valence-corrected chi connectivity index (χ2v) is 6.64. The fourth-order valence-electron chi connectivity index (χ4n) is 0.605. The van der Waals surface area contributed by atoms with E-state index in [0.29, 0.717) is 0 Å². The third-order valence-electron chi connectivity index (χ3n) is 1.48. The predicted molar refractivity (Wildman–Crippen MR) is 55.4 cm³/mol. The van der Waals surface area contributed by atoms with Crippen molar-refractivity contribution in [3.05, 3.63) is 0 Å². The molecule has 0 rings (SSSR count). The van der Waals surface area contributed by atoms with Crippen molar-refractivity contribution in [1.29, 1.82) is 0 Å². The summed E-state index contributed by atoms with van der Waals surface area (Å²) >= 11 is 0. The predicted octanol–water partition coefficient (Wildman–Crippen LogP) is -1.85. The van der Waals surface area contributed by atoms with Crippen LogP contribution in [-0.2, 0) is 29.2 Å². The van der Waals surface area contributed by atoms with Crippen molar-refractivity contribution in [3.8, 4) is 0 Å². The monoisotopic (exact) mass is 277 g/mol. The van der Waals surface area contributed by atoms with Crippen LogP contribution in [0.5, 0.6) is 0 Å². The first-order valence-electron chi connectivity index (χ1n) is 4.24. The molecule has 0 aliphatic carbocycles. The molecular formula is C6H15NO7S2. The number of aliphatic hydroxyl groups excluding tert-OH is 1. The maximum atomic E-state index is 11.2. The number of ether oxygens (including phenoxy) is 1. The van der Waals surface area contributed by atoms with E-state index in [1.807, 2.05) is 0 Å². The first kappa shape index (κ1) is 15.7. The zero-order valence-corrected chi connectivity index (χ0v) is 10.6. The highest BCUT2D eigenvalue weighted by Gasteiger charge is 2.26. The Morgan fingerprint density at radius 2 is 1.69 bits per heavy atom. The molecule has 98 valence electrons. The summed E-state index contributed by atoms with van der Waals surface area (Å²) in [5.41, 5.74) is 0. The minimum Gasteiger partial charge on any atom is -0.394 e. The molecule has 0 spiro atoms. The molecule has 0 aromatic rings. The molecule has 0 heterocycles. The van der Waals surface area contributed by atoms with Crippen molar-refractivity contribution in [3.63, 3.8) is 0 Å². The quantitative estimate of drug-likeness (QED) is 0.518. The van der Waals surface area contributed by atoms with Gasteiger partial charge in [0.25, 0.3) is 0 Å².